The Kier molecular flexibility index (Phi) is 9.29. The molecule has 1 atom stereocenters. The molecule has 1 aliphatic carbocycles. The fourth-order valence-corrected chi connectivity index (χ4v) is 3.50. The minimum Gasteiger partial charge on any atom is -0.391 e. The number of piperidine rings is 1. The summed E-state index contributed by atoms with van der Waals surface area (Å²) in [4.78, 5) is 11.8. The van der Waals surface area contributed by atoms with Crippen LogP contribution in [0.15, 0.2) is 0 Å². The minimum absolute atomic E-state index is 0. The van der Waals surface area contributed by atoms with Gasteiger partial charge in [0.2, 0.25) is 5.91 Å². The number of rotatable bonds is 6. The van der Waals surface area contributed by atoms with E-state index in [-0.39, 0.29) is 24.4 Å². The van der Waals surface area contributed by atoms with Gasteiger partial charge in [-0.15, -0.1) is 12.4 Å². The highest BCUT2D eigenvalue weighted by Gasteiger charge is 2.22. The van der Waals surface area contributed by atoms with Crippen molar-refractivity contribution in [2.24, 2.45) is 11.8 Å². The highest BCUT2D eigenvalue weighted by molar-refractivity contribution is 5.85. The molecule has 1 heterocycles. The molecule has 1 amide bonds. The summed E-state index contributed by atoms with van der Waals surface area (Å²) in [6.45, 7) is 2.62. The smallest absolute Gasteiger partial charge is 0.220 e. The summed E-state index contributed by atoms with van der Waals surface area (Å²) in [6.07, 6.45) is 9.63. The summed E-state index contributed by atoms with van der Waals surface area (Å²) >= 11 is 0. The largest absolute Gasteiger partial charge is 0.391 e. The average molecular weight is 319 g/mol. The standard InChI is InChI=1S/C16H30N2O2.ClH/c19-15(14-4-2-1-3-5-14)12-18-16(20)7-6-13-8-10-17-11-9-13;/h13-15,17,19H,1-12H2,(H,18,20);1H. The third-order valence-corrected chi connectivity index (χ3v) is 4.94. The highest BCUT2D eigenvalue weighted by atomic mass is 35.5. The monoisotopic (exact) mass is 318 g/mol. The first-order valence-corrected chi connectivity index (χ1v) is 8.41. The molecule has 0 aromatic heterocycles. The zero-order valence-electron chi connectivity index (χ0n) is 13.0. The predicted molar refractivity (Wildman–Crippen MR) is 87.7 cm³/mol. The van der Waals surface area contributed by atoms with Gasteiger partial charge in [0.15, 0.2) is 0 Å². The molecular formula is C16H31ClN2O2. The third-order valence-electron chi connectivity index (χ3n) is 4.94. The lowest BCUT2D eigenvalue weighted by Gasteiger charge is -2.27. The van der Waals surface area contributed by atoms with Crippen molar-refractivity contribution in [2.45, 2.75) is 63.9 Å². The average Bonchev–Trinajstić information content (AvgIpc) is 2.52. The predicted octanol–water partition coefficient (Wildman–Crippen LogP) is 2.25. The van der Waals surface area contributed by atoms with Crippen molar-refractivity contribution < 1.29 is 9.90 Å². The quantitative estimate of drug-likeness (QED) is 0.704. The Hall–Kier alpha value is -0.320. The maximum absolute atomic E-state index is 11.8. The van der Waals surface area contributed by atoms with Crippen LogP contribution in [-0.2, 0) is 4.79 Å². The van der Waals surface area contributed by atoms with Gasteiger partial charge in [0.1, 0.15) is 0 Å². The first-order valence-electron chi connectivity index (χ1n) is 8.41. The Morgan fingerprint density at radius 2 is 1.81 bits per heavy atom. The molecule has 21 heavy (non-hydrogen) atoms. The van der Waals surface area contributed by atoms with Crippen LogP contribution in [0.1, 0.15) is 57.8 Å². The molecule has 0 radical (unpaired) electrons. The second-order valence-corrected chi connectivity index (χ2v) is 6.50. The topological polar surface area (TPSA) is 61.4 Å². The third kappa shape index (κ3) is 6.98. The van der Waals surface area contributed by atoms with Crippen molar-refractivity contribution in [2.75, 3.05) is 19.6 Å². The fourth-order valence-electron chi connectivity index (χ4n) is 3.50. The number of amides is 1. The van der Waals surface area contributed by atoms with Gasteiger partial charge in [0.05, 0.1) is 6.10 Å². The van der Waals surface area contributed by atoms with Gasteiger partial charge in [0, 0.05) is 13.0 Å². The Bertz CT molecular complexity index is 290. The molecule has 1 saturated heterocycles. The molecule has 1 unspecified atom stereocenters. The zero-order valence-corrected chi connectivity index (χ0v) is 13.8. The van der Waals surface area contributed by atoms with Crippen LogP contribution in [0.2, 0.25) is 0 Å². The lowest BCUT2D eigenvalue weighted by atomic mass is 9.85. The SMILES string of the molecule is Cl.O=C(CCC1CCNCC1)NCC(O)C1CCCCC1. The van der Waals surface area contributed by atoms with Gasteiger partial charge in [-0.05, 0) is 57.0 Å². The van der Waals surface area contributed by atoms with Gasteiger partial charge in [0.25, 0.3) is 0 Å². The highest BCUT2D eigenvalue weighted by Crippen LogP contribution is 2.26. The van der Waals surface area contributed by atoms with Gasteiger partial charge in [-0.1, -0.05) is 19.3 Å². The van der Waals surface area contributed by atoms with Crippen molar-refractivity contribution in [1.82, 2.24) is 10.6 Å². The number of carbonyl (C=O) groups is 1. The molecule has 2 aliphatic rings. The van der Waals surface area contributed by atoms with Crippen LogP contribution in [0.4, 0.5) is 0 Å². The lowest BCUT2D eigenvalue weighted by Crippen LogP contribution is -2.37. The fraction of sp³-hybridized carbons (Fsp3) is 0.938. The Morgan fingerprint density at radius 3 is 2.48 bits per heavy atom. The summed E-state index contributed by atoms with van der Waals surface area (Å²) in [5.41, 5.74) is 0. The number of nitrogens with one attached hydrogen (secondary N) is 2. The van der Waals surface area contributed by atoms with Crippen LogP contribution < -0.4 is 10.6 Å². The Balaban J connectivity index is 0.00000220. The van der Waals surface area contributed by atoms with Gasteiger partial charge in [-0.3, -0.25) is 4.79 Å². The molecule has 3 N–H and O–H groups in total. The van der Waals surface area contributed by atoms with Crippen LogP contribution in [-0.4, -0.2) is 36.8 Å². The second kappa shape index (κ2) is 10.4. The van der Waals surface area contributed by atoms with Gasteiger partial charge >= 0.3 is 0 Å². The molecule has 5 heteroatoms. The number of halogens is 1. The summed E-state index contributed by atoms with van der Waals surface area (Å²) in [6, 6.07) is 0. The number of hydrogen-bond acceptors (Lipinski definition) is 3. The number of carbonyl (C=O) groups excluding carboxylic acids is 1. The molecule has 1 aliphatic heterocycles. The lowest BCUT2D eigenvalue weighted by molar-refractivity contribution is -0.122. The van der Waals surface area contributed by atoms with Crippen molar-refractivity contribution in [3.05, 3.63) is 0 Å². The van der Waals surface area contributed by atoms with E-state index in [4.69, 9.17) is 0 Å². The van der Waals surface area contributed by atoms with Crippen LogP contribution >= 0.6 is 12.4 Å². The molecule has 2 rings (SSSR count). The van der Waals surface area contributed by atoms with E-state index in [1.54, 1.807) is 0 Å². The molecule has 1 saturated carbocycles. The van der Waals surface area contributed by atoms with E-state index in [9.17, 15) is 9.90 Å². The van der Waals surface area contributed by atoms with Crippen LogP contribution in [0.25, 0.3) is 0 Å². The van der Waals surface area contributed by atoms with Gasteiger partial charge in [-0.2, -0.15) is 0 Å². The summed E-state index contributed by atoms with van der Waals surface area (Å²) in [5, 5.41) is 16.4. The summed E-state index contributed by atoms with van der Waals surface area (Å²) < 4.78 is 0. The van der Waals surface area contributed by atoms with Crippen LogP contribution in [0.3, 0.4) is 0 Å². The molecular weight excluding hydrogens is 288 g/mol. The van der Waals surface area contributed by atoms with Crippen molar-refractivity contribution >= 4 is 18.3 Å². The maximum atomic E-state index is 11.8. The number of hydrogen-bond donors (Lipinski definition) is 3. The zero-order chi connectivity index (χ0) is 14.2. The van der Waals surface area contributed by atoms with E-state index in [1.165, 1.54) is 32.1 Å². The number of aliphatic hydroxyl groups is 1. The molecule has 2 fully saturated rings. The summed E-state index contributed by atoms with van der Waals surface area (Å²) in [7, 11) is 0. The maximum Gasteiger partial charge on any atom is 0.220 e. The molecule has 0 spiro atoms. The molecule has 0 aromatic carbocycles. The van der Waals surface area contributed by atoms with Crippen molar-refractivity contribution in [1.29, 1.82) is 0 Å². The normalized spacial score (nSPS) is 22.3. The first kappa shape index (κ1) is 18.7. The molecule has 0 aromatic rings. The van der Waals surface area contributed by atoms with Crippen LogP contribution in [0, 0.1) is 11.8 Å². The Labute approximate surface area is 134 Å². The van der Waals surface area contributed by atoms with E-state index >= 15 is 0 Å². The van der Waals surface area contributed by atoms with Crippen LogP contribution in [0.5, 0.6) is 0 Å². The van der Waals surface area contributed by atoms with E-state index < -0.39 is 0 Å². The van der Waals surface area contributed by atoms with Crippen molar-refractivity contribution in [3.8, 4) is 0 Å². The number of aliphatic hydroxyl groups excluding tert-OH is 1. The van der Waals surface area contributed by atoms with E-state index in [1.807, 2.05) is 0 Å². The molecule has 4 nitrogen and oxygen atoms in total. The van der Waals surface area contributed by atoms with E-state index in [0.29, 0.717) is 24.8 Å². The second-order valence-electron chi connectivity index (χ2n) is 6.50. The van der Waals surface area contributed by atoms with Crippen molar-refractivity contribution in [3.63, 3.8) is 0 Å². The summed E-state index contributed by atoms with van der Waals surface area (Å²) in [5.74, 6) is 1.21. The first-order chi connectivity index (χ1) is 9.75. The minimum atomic E-state index is -0.349. The molecule has 0 bridgehead atoms. The van der Waals surface area contributed by atoms with Gasteiger partial charge < -0.3 is 15.7 Å². The van der Waals surface area contributed by atoms with E-state index in [2.05, 4.69) is 10.6 Å². The Morgan fingerprint density at radius 1 is 1.14 bits per heavy atom. The molecule has 124 valence electrons. The van der Waals surface area contributed by atoms with Gasteiger partial charge in [-0.25, -0.2) is 0 Å². The van der Waals surface area contributed by atoms with E-state index in [0.717, 1.165) is 32.4 Å².